The van der Waals surface area contributed by atoms with E-state index in [0.29, 0.717) is 6.54 Å². The Morgan fingerprint density at radius 1 is 1.07 bits per heavy atom. The van der Waals surface area contributed by atoms with Crippen LogP contribution in [0.1, 0.15) is 44.2 Å². The maximum Gasteiger partial charge on any atom is 0.240 e. The van der Waals surface area contributed by atoms with Gasteiger partial charge in [-0.05, 0) is 56.0 Å². The Balaban J connectivity index is 1.47. The van der Waals surface area contributed by atoms with E-state index in [1.165, 1.54) is 11.3 Å². The molecule has 2 amide bonds. The largest absolute Gasteiger partial charge is 0.372 e. The molecule has 1 aliphatic rings. The summed E-state index contributed by atoms with van der Waals surface area (Å²) in [7, 11) is 0. The quantitative estimate of drug-likeness (QED) is 0.536. The van der Waals surface area contributed by atoms with E-state index in [1.54, 1.807) is 11.1 Å². The third kappa shape index (κ3) is 5.47. The summed E-state index contributed by atoms with van der Waals surface area (Å²) in [6.07, 6.45) is 3.86. The average Bonchev–Trinajstić information content (AvgIpc) is 2.79. The van der Waals surface area contributed by atoms with Crippen LogP contribution in [0.4, 0.5) is 11.4 Å². The minimum Gasteiger partial charge on any atom is -0.372 e. The van der Waals surface area contributed by atoms with Gasteiger partial charge in [0.25, 0.3) is 0 Å². The SMILES string of the molecule is CCN(CC)c1ccc(C=NNC(=O)CCC(=O)N2CCCc3ccccc32)cc1. The minimum absolute atomic E-state index is 0.0201. The van der Waals surface area contributed by atoms with E-state index in [9.17, 15) is 9.59 Å². The van der Waals surface area contributed by atoms with E-state index in [0.717, 1.165) is 37.2 Å². The van der Waals surface area contributed by atoms with Gasteiger partial charge in [-0.1, -0.05) is 30.3 Å². The summed E-state index contributed by atoms with van der Waals surface area (Å²) >= 11 is 0. The maximum atomic E-state index is 12.6. The first kappa shape index (κ1) is 21.6. The van der Waals surface area contributed by atoms with Crippen molar-refractivity contribution in [1.82, 2.24) is 5.43 Å². The molecule has 1 aliphatic heterocycles. The van der Waals surface area contributed by atoms with Gasteiger partial charge in [0, 0.05) is 43.9 Å². The van der Waals surface area contributed by atoms with Crippen molar-refractivity contribution in [2.45, 2.75) is 39.5 Å². The molecule has 0 radical (unpaired) electrons. The van der Waals surface area contributed by atoms with Crippen molar-refractivity contribution in [3.8, 4) is 0 Å². The molecule has 6 heteroatoms. The number of fused-ring (bicyclic) bond motifs is 1. The number of hydrogen-bond acceptors (Lipinski definition) is 4. The predicted molar refractivity (Wildman–Crippen MR) is 122 cm³/mol. The lowest BCUT2D eigenvalue weighted by molar-refractivity contribution is -0.125. The van der Waals surface area contributed by atoms with Crippen LogP contribution >= 0.6 is 0 Å². The van der Waals surface area contributed by atoms with Crippen LogP contribution in [0.2, 0.25) is 0 Å². The number of benzene rings is 2. The van der Waals surface area contributed by atoms with Crippen molar-refractivity contribution in [2.24, 2.45) is 5.10 Å². The Kier molecular flexibility index (Phi) is 7.60. The molecule has 0 bridgehead atoms. The van der Waals surface area contributed by atoms with Crippen LogP contribution in [0, 0.1) is 0 Å². The number of hydrazone groups is 1. The summed E-state index contributed by atoms with van der Waals surface area (Å²) in [6, 6.07) is 16.0. The van der Waals surface area contributed by atoms with Crippen molar-refractivity contribution in [1.29, 1.82) is 0 Å². The number of carbonyl (C=O) groups is 2. The van der Waals surface area contributed by atoms with Gasteiger partial charge in [0.15, 0.2) is 0 Å². The number of aryl methyl sites for hydroxylation is 1. The third-order valence-electron chi connectivity index (χ3n) is 5.40. The Bertz CT molecular complexity index is 888. The smallest absolute Gasteiger partial charge is 0.240 e. The van der Waals surface area contributed by atoms with Crippen molar-refractivity contribution in [3.05, 3.63) is 59.7 Å². The van der Waals surface area contributed by atoms with Gasteiger partial charge in [-0.2, -0.15) is 5.10 Å². The highest BCUT2D eigenvalue weighted by Crippen LogP contribution is 2.27. The molecule has 0 atom stereocenters. The molecule has 1 N–H and O–H groups in total. The first-order valence-corrected chi connectivity index (χ1v) is 10.7. The molecule has 2 aromatic rings. The molecule has 6 nitrogen and oxygen atoms in total. The molecule has 0 unspecified atom stereocenters. The van der Waals surface area contributed by atoms with Gasteiger partial charge in [0.1, 0.15) is 0 Å². The second-order valence-corrected chi connectivity index (χ2v) is 7.33. The highest BCUT2D eigenvalue weighted by molar-refractivity contribution is 5.96. The lowest BCUT2D eigenvalue weighted by Crippen LogP contribution is -2.36. The number of para-hydroxylation sites is 1. The maximum absolute atomic E-state index is 12.6. The number of carbonyl (C=O) groups excluding carboxylic acids is 2. The summed E-state index contributed by atoms with van der Waals surface area (Å²) in [6.45, 7) is 6.88. The van der Waals surface area contributed by atoms with Gasteiger partial charge < -0.3 is 9.80 Å². The van der Waals surface area contributed by atoms with Crippen molar-refractivity contribution < 1.29 is 9.59 Å². The fourth-order valence-electron chi connectivity index (χ4n) is 3.74. The van der Waals surface area contributed by atoms with Crippen LogP contribution in [-0.2, 0) is 16.0 Å². The molecule has 0 saturated carbocycles. The van der Waals surface area contributed by atoms with Gasteiger partial charge in [-0.25, -0.2) is 5.43 Å². The summed E-state index contributed by atoms with van der Waals surface area (Å²) < 4.78 is 0. The van der Waals surface area contributed by atoms with E-state index in [1.807, 2.05) is 42.5 Å². The molecule has 158 valence electrons. The lowest BCUT2D eigenvalue weighted by Gasteiger charge is -2.29. The van der Waals surface area contributed by atoms with Crippen LogP contribution in [0.15, 0.2) is 53.6 Å². The van der Waals surface area contributed by atoms with Gasteiger partial charge in [0.2, 0.25) is 11.8 Å². The predicted octanol–water partition coefficient (Wildman–Crippen LogP) is 3.74. The van der Waals surface area contributed by atoms with E-state index in [2.05, 4.69) is 35.3 Å². The summed E-state index contributed by atoms with van der Waals surface area (Å²) in [5.74, 6) is -0.280. The summed E-state index contributed by atoms with van der Waals surface area (Å²) in [5, 5.41) is 4.02. The van der Waals surface area contributed by atoms with Gasteiger partial charge in [0.05, 0.1) is 6.21 Å². The van der Waals surface area contributed by atoms with Crippen LogP contribution in [0.3, 0.4) is 0 Å². The Morgan fingerprint density at radius 3 is 2.53 bits per heavy atom. The van der Waals surface area contributed by atoms with Crippen molar-refractivity contribution in [2.75, 3.05) is 29.4 Å². The molecule has 3 rings (SSSR count). The highest BCUT2D eigenvalue weighted by Gasteiger charge is 2.22. The van der Waals surface area contributed by atoms with E-state index in [4.69, 9.17) is 0 Å². The first-order valence-electron chi connectivity index (χ1n) is 10.7. The topological polar surface area (TPSA) is 65.0 Å². The number of amides is 2. The molecular weight excluding hydrogens is 376 g/mol. The Labute approximate surface area is 178 Å². The third-order valence-corrected chi connectivity index (χ3v) is 5.40. The molecule has 0 aliphatic carbocycles. The van der Waals surface area contributed by atoms with E-state index >= 15 is 0 Å². The van der Waals surface area contributed by atoms with Gasteiger partial charge >= 0.3 is 0 Å². The number of hydrogen-bond donors (Lipinski definition) is 1. The second kappa shape index (κ2) is 10.6. The number of nitrogens with zero attached hydrogens (tertiary/aromatic N) is 3. The molecule has 0 fully saturated rings. The fraction of sp³-hybridized carbons (Fsp3) is 0.375. The molecule has 0 aromatic heterocycles. The second-order valence-electron chi connectivity index (χ2n) is 7.33. The van der Waals surface area contributed by atoms with Crippen LogP contribution < -0.4 is 15.2 Å². The monoisotopic (exact) mass is 406 g/mol. The van der Waals surface area contributed by atoms with Crippen molar-refractivity contribution in [3.63, 3.8) is 0 Å². The first-order chi connectivity index (χ1) is 14.6. The molecule has 0 spiro atoms. The fourth-order valence-corrected chi connectivity index (χ4v) is 3.74. The highest BCUT2D eigenvalue weighted by atomic mass is 16.2. The van der Waals surface area contributed by atoms with Crippen molar-refractivity contribution >= 4 is 29.4 Å². The summed E-state index contributed by atoms with van der Waals surface area (Å²) in [5.41, 5.74) is 6.76. The molecule has 0 saturated heterocycles. The van der Waals surface area contributed by atoms with E-state index in [-0.39, 0.29) is 24.7 Å². The number of rotatable bonds is 8. The average molecular weight is 407 g/mol. The normalized spacial score (nSPS) is 13.2. The van der Waals surface area contributed by atoms with Gasteiger partial charge in [-0.3, -0.25) is 9.59 Å². The molecular formula is C24H30N4O2. The van der Waals surface area contributed by atoms with Crippen LogP contribution in [0.5, 0.6) is 0 Å². The number of anilines is 2. The van der Waals surface area contributed by atoms with Gasteiger partial charge in [-0.15, -0.1) is 0 Å². The summed E-state index contributed by atoms with van der Waals surface area (Å²) in [4.78, 5) is 28.7. The molecule has 1 heterocycles. The minimum atomic E-state index is -0.260. The zero-order valence-electron chi connectivity index (χ0n) is 17.8. The Morgan fingerprint density at radius 2 is 1.80 bits per heavy atom. The zero-order chi connectivity index (χ0) is 21.3. The molecule has 30 heavy (non-hydrogen) atoms. The standard InChI is InChI=1S/C24H30N4O2/c1-3-27(4-2)21-13-11-19(12-14-21)18-25-26-23(29)15-16-24(30)28-17-7-9-20-8-5-6-10-22(20)28/h5-6,8,10-14,18H,3-4,7,9,15-17H2,1-2H3,(H,26,29). The Hall–Kier alpha value is -3.15. The van der Waals surface area contributed by atoms with Crippen LogP contribution in [-0.4, -0.2) is 37.7 Å². The van der Waals surface area contributed by atoms with E-state index < -0.39 is 0 Å². The number of nitrogens with one attached hydrogen (secondary N) is 1. The van der Waals surface area contributed by atoms with Crippen LogP contribution in [0.25, 0.3) is 0 Å². The lowest BCUT2D eigenvalue weighted by atomic mass is 10.0. The zero-order valence-corrected chi connectivity index (χ0v) is 17.8. The molecule has 2 aromatic carbocycles.